The minimum absolute atomic E-state index is 0. The Balaban J connectivity index is 0.00000300. The van der Waals surface area contributed by atoms with Gasteiger partial charge in [0, 0.05) is 32.9 Å². The van der Waals surface area contributed by atoms with E-state index in [1.807, 2.05) is 36.9 Å². The quantitative estimate of drug-likeness (QED) is 0.324. The minimum Gasteiger partial charge on any atom is -0.357 e. The molecule has 0 saturated carbocycles. The van der Waals surface area contributed by atoms with Crippen LogP contribution in [0.25, 0.3) is 0 Å². The van der Waals surface area contributed by atoms with Crippen LogP contribution < -0.4 is 10.6 Å². The average Bonchev–Trinajstić information content (AvgIpc) is 3.37. The van der Waals surface area contributed by atoms with E-state index in [1.54, 1.807) is 22.6 Å². The Morgan fingerprint density at radius 1 is 1.14 bits per heavy atom. The van der Waals surface area contributed by atoms with Crippen LogP contribution in [0.5, 0.6) is 0 Å². The third-order valence-electron chi connectivity index (χ3n) is 4.75. The normalized spacial score (nSPS) is 15.2. The highest BCUT2D eigenvalue weighted by Crippen LogP contribution is 2.21. The Kier molecular flexibility index (Phi) is 8.90. The van der Waals surface area contributed by atoms with Gasteiger partial charge >= 0.3 is 0 Å². The number of hydrogen-bond acceptors (Lipinski definition) is 4. The molecule has 2 aromatic rings. The van der Waals surface area contributed by atoms with Crippen LogP contribution in [0.2, 0.25) is 0 Å². The van der Waals surface area contributed by atoms with Gasteiger partial charge in [-0.1, -0.05) is 12.1 Å². The van der Waals surface area contributed by atoms with Crippen molar-refractivity contribution in [1.29, 1.82) is 0 Å². The summed E-state index contributed by atoms with van der Waals surface area (Å²) in [4.78, 5) is 4.94. The van der Waals surface area contributed by atoms with Crippen LogP contribution in [0, 0.1) is 0 Å². The summed E-state index contributed by atoms with van der Waals surface area (Å²) in [6.07, 6.45) is 3.63. The molecule has 1 aliphatic rings. The Hall–Kier alpha value is -1.66. The van der Waals surface area contributed by atoms with Gasteiger partial charge in [0.15, 0.2) is 5.96 Å². The average molecular weight is 532 g/mol. The molecule has 1 fully saturated rings. The highest BCUT2D eigenvalue weighted by molar-refractivity contribution is 14.0. The summed E-state index contributed by atoms with van der Waals surface area (Å²) in [5.74, 6) is 0.706. The molecule has 10 heteroatoms. The maximum Gasteiger partial charge on any atom is 0.243 e. The van der Waals surface area contributed by atoms with E-state index in [4.69, 9.17) is 0 Å². The maximum absolute atomic E-state index is 12.6. The van der Waals surface area contributed by atoms with E-state index < -0.39 is 10.0 Å². The predicted molar refractivity (Wildman–Crippen MR) is 125 cm³/mol. The number of guanidine groups is 1. The molecule has 0 amide bonds. The number of aryl methyl sites for hydroxylation is 1. The number of aromatic nitrogens is 2. The molecular weight excluding hydrogens is 503 g/mol. The molecule has 0 radical (unpaired) electrons. The van der Waals surface area contributed by atoms with Gasteiger partial charge in [-0.15, -0.1) is 24.0 Å². The topological polar surface area (TPSA) is 91.6 Å². The molecule has 1 aliphatic heterocycles. The van der Waals surface area contributed by atoms with Gasteiger partial charge < -0.3 is 10.6 Å². The van der Waals surface area contributed by atoms with Crippen LogP contribution in [0.3, 0.4) is 0 Å². The molecule has 8 nitrogen and oxygen atoms in total. The van der Waals surface area contributed by atoms with Gasteiger partial charge in [-0.3, -0.25) is 4.68 Å². The molecule has 0 aliphatic carbocycles. The van der Waals surface area contributed by atoms with Crippen LogP contribution in [0.15, 0.2) is 46.4 Å². The Labute approximate surface area is 189 Å². The molecule has 0 unspecified atom stereocenters. The molecule has 0 atom stereocenters. The third kappa shape index (κ3) is 6.16. The van der Waals surface area contributed by atoms with Crippen LogP contribution in [0.1, 0.15) is 31.0 Å². The monoisotopic (exact) mass is 532 g/mol. The standard InChI is InChI=1S/C19H28N6O2S.HI/c1-3-20-19(22-15-17-10-11-23-24(17)2)21-14-16-6-8-18(9-7-16)28(26,27)25-12-4-5-13-25;/h6-11H,3-5,12-15H2,1-2H3,(H2,20,21,22);1H. The van der Waals surface area contributed by atoms with Crippen molar-refractivity contribution in [2.75, 3.05) is 19.6 Å². The molecule has 0 spiro atoms. The number of aliphatic imine (C=N–C) groups is 1. The number of nitrogens with one attached hydrogen (secondary N) is 2. The molecular formula is C19H29IN6O2S. The largest absolute Gasteiger partial charge is 0.357 e. The van der Waals surface area contributed by atoms with Gasteiger partial charge in [-0.25, -0.2) is 13.4 Å². The zero-order valence-electron chi connectivity index (χ0n) is 16.8. The molecule has 29 heavy (non-hydrogen) atoms. The summed E-state index contributed by atoms with van der Waals surface area (Å²) < 4.78 is 28.6. The van der Waals surface area contributed by atoms with E-state index in [2.05, 4.69) is 20.7 Å². The van der Waals surface area contributed by atoms with Crippen molar-refractivity contribution < 1.29 is 8.42 Å². The fraction of sp³-hybridized carbons (Fsp3) is 0.474. The van der Waals surface area contributed by atoms with E-state index in [0.717, 1.165) is 30.6 Å². The van der Waals surface area contributed by atoms with E-state index in [1.165, 1.54) is 0 Å². The van der Waals surface area contributed by atoms with Crippen LogP contribution in [-0.2, 0) is 30.2 Å². The number of hydrogen-bond donors (Lipinski definition) is 2. The van der Waals surface area contributed by atoms with Gasteiger partial charge in [0.2, 0.25) is 10.0 Å². The second-order valence-corrected chi connectivity index (χ2v) is 8.69. The highest BCUT2D eigenvalue weighted by atomic mass is 127. The molecule has 160 valence electrons. The summed E-state index contributed by atoms with van der Waals surface area (Å²) >= 11 is 0. The zero-order chi connectivity index (χ0) is 20.0. The highest BCUT2D eigenvalue weighted by Gasteiger charge is 2.26. The van der Waals surface area contributed by atoms with E-state index in [0.29, 0.717) is 37.0 Å². The van der Waals surface area contributed by atoms with Crippen molar-refractivity contribution >= 4 is 40.0 Å². The number of nitrogens with zero attached hydrogens (tertiary/aromatic N) is 4. The number of sulfonamides is 1. The summed E-state index contributed by atoms with van der Waals surface area (Å²) in [6.45, 7) is 5.08. The molecule has 2 N–H and O–H groups in total. The van der Waals surface area contributed by atoms with Crippen LogP contribution in [-0.4, -0.2) is 48.1 Å². The third-order valence-corrected chi connectivity index (χ3v) is 6.66. The first-order valence-electron chi connectivity index (χ1n) is 9.59. The van der Waals surface area contributed by atoms with E-state index in [9.17, 15) is 8.42 Å². The number of halogens is 1. The van der Waals surface area contributed by atoms with Crippen molar-refractivity contribution in [3.8, 4) is 0 Å². The number of rotatable bonds is 7. The van der Waals surface area contributed by atoms with Gasteiger partial charge in [0.25, 0.3) is 0 Å². The maximum atomic E-state index is 12.6. The first-order chi connectivity index (χ1) is 13.5. The second kappa shape index (κ2) is 10.9. The zero-order valence-corrected chi connectivity index (χ0v) is 20.0. The van der Waals surface area contributed by atoms with Crippen molar-refractivity contribution in [3.05, 3.63) is 47.8 Å². The fourth-order valence-corrected chi connectivity index (χ4v) is 4.62. The van der Waals surface area contributed by atoms with Crippen molar-refractivity contribution in [3.63, 3.8) is 0 Å². The molecule has 2 heterocycles. The van der Waals surface area contributed by atoms with Gasteiger partial charge in [-0.05, 0) is 43.5 Å². The summed E-state index contributed by atoms with van der Waals surface area (Å²) in [5.41, 5.74) is 2.01. The first-order valence-corrected chi connectivity index (χ1v) is 11.0. The fourth-order valence-electron chi connectivity index (χ4n) is 3.11. The van der Waals surface area contributed by atoms with E-state index >= 15 is 0 Å². The smallest absolute Gasteiger partial charge is 0.243 e. The lowest BCUT2D eigenvalue weighted by atomic mass is 10.2. The lowest BCUT2D eigenvalue weighted by Crippen LogP contribution is -2.37. The van der Waals surface area contributed by atoms with E-state index in [-0.39, 0.29) is 24.0 Å². The summed E-state index contributed by atoms with van der Waals surface area (Å²) in [6, 6.07) is 8.97. The second-order valence-electron chi connectivity index (χ2n) is 6.75. The van der Waals surface area contributed by atoms with Gasteiger partial charge in [-0.2, -0.15) is 9.40 Å². The van der Waals surface area contributed by atoms with Crippen LogP contribution in [0.4, 0.5) is 0 Å². The molecule has 3 rings (SSSR count). The van der Waals surface area contributed by atoms with Crippen LogP contribution >= 0.6 is 24.0 Å². The lowest BCUT2D eigenvalue weighted by molar-refractivity contribution is 0.477. The molecule has 1 aromatic heterocycles. The van der Waals surface area contributed by atoms with Crippen molar-refractivity contribution in [2.45, 2.75) is 37.8 Å². The number of benzene rings is 1. The summed E-state index contributed by atoms with van der Waals surface area (Å²) in [7, 11) is -1.47. The molecule has 0 bridgehead atoms. The Bertz CT molecular complexity index is 905. The summed E-state index contributed by atoms with van der Waals surface area (Å²) in [5, 5.41) is 10.7. The Morgan fingerprint density at radius 3 is 2.41 bits per heavy atom. The van der Waals surface area contributed by atoms with Gasteiger partial charge in [0.05, 0.1) is 23.7 Å². The first kappa shape index (κ1) is 23.6. The molecule has 1 aromatic carbocycles. The molecule has 1 saturated heterocycles. The van der Waals surface area contributed by atoms with Gasteiger partial charge in [0.1, 0.15) is 0 Å². The SMILES string of the molecule is CCNC(=NCc1ccc(S(=O)(=O)N2CCCC2)cc1)NCc1ccnn1C.I. The van der Waals surface area contributed by atoms with Crippen molar-refractivity contribution in [2.24, 2.45) is 12.0 Å². The van der Waals surface area contributed by atoms with Crippen molar-refractivity contribution in [1.82, 2.24) is 24.7 Å². The minimum atomic E-state index is -3.37. The predicted octanol–water partition coefficient (Wildman–Crippen LogP) is 2.08. The lowest BCUT2D eigenvalue weighted by Gasteiger charge is -2.15. The Morgan fingerprint density at radius 2 is 1.83 bits per heavy atom.